The molecule has 21 heavy (non-hydrogen) atoms. The zero-order chi connectivity index (χ0) is 15.8. The van der Waals surface area contributed by atoms with Crippen LogP contribution in [0.4, 0.5) is 4.79 Å². The molecular formula is C15H21BrN2O3. The molecule has 0 aromatic heterocycles. The standard InChI is InChI=1S/C15H21BrN2O3/c1-3-4-8-13(14(19)20)17-15(21)18(2)10-11-6-5-7-12(16)9-11/h5-7,9,13H,3-4,8,10H2,1-2H3,(H,17,21)(H,19,20). The molecule has 0 bridgehead atoms. The Morgan fingerprint density at radius 2 is 2.14 bits per heavy atom. The van der Waals surface area contributed by atoms with Crippen molar-refractivity contribution in [3.05, 3.63) is 34.3 Å². The van der Waals surface area contributed by atoms with Crippen molar-refractivity contribution in [2.45, 2.75) is 38.8 Å². The summed E-state index contributed by atoms with van der Waals surface area (Å²) >= 11 is 3.38. The molecule has 0 aliphatic rings. The number of carbonyl (C=O) groups is 2. The van der Waals surface area contributed by atoms with Crippen LogP contribution >= 0.6 is 15.9 Å². The van der Waals surface area contributed by atoms with Gasteiger partial charge in [0.1, 0.15) is 6.04 Å². The average Bonchev–Trinajstić information content (AvgIpc) is 2.42. The van der Waals surface area contributed by atoms with E-state index in [0.29, 0.717) is 13.0 Å². The van der Waals surface area contributed by atoms with Crippen LogP contribution in [-0.2, 0) is 11.3 Å². The van der Waals surface area contributed by atoms with Crippen LogP contribution in [-0.4, -0.2) is 35.1 Å². The number of urea groups is 1. The van der Waals surface area contributed by atoms with Crippen molar-refractivity contribution in [2.24, 2.45) is 0 Å². The summed E-state index contributed by atoms with van der Waals surface area (Å²) in [5.74, 6) is -0.993. The number of unbranched alkanes of at least 4 members (excludes halogenated alkanes) is 1. The van der Waals surface area contributed by atoms with E-state index in [4.69, 9.17) is 5.11 Å². The summed E-state index contributed by atoms with van der Waals surface area (Å²) in [6.07, 6.45) is 2.11. The Labute approximate surface area is 133 Å². The minimum Gasteiger partial charge on any atom is -0.480 e. The van der Waals surface area contributed by atoms with Crippen molar-refractivity contribution in [3.8, 4) is 0 Å². The van der Waals surface area contributed by atoms with Crippen molar-refractivity contribution in [1.29, 1.82) is 0 Å². The van der Waals surface area contributed by atoms with Crippen molar-refractivity contribution >= 4 is 27.9 Å². The van der Waals surface area contributed by atoms with Crippen LogP contribution in [0.25, 0.3) is 0 Å². The predicted octanol–water partition coefficient (Wildman–Crippen LogP) is 3.23. The van der Waals surface area contributed by atoms with E-state index in [1.807, 2.05) is 31.2 Å². The molecule has 0 aliphatic heterocycles. The molecule has 1 aromatic rings. The average molecular weight is 357 g/mol. The third kappa shape index (κ3) is 6.16. The number of rotatable bonds is 7. The summed E-state index contributed by atoms with van der Waals surface area (Å²) < 4.78 is 0.945. The summed E-state index contributed by atoms with van der Waals surface area (Å²) in [7, 11) is 1.65. The molecule has 0 radical (unpaired) electrons. The molecule has 1 rings (SSSR count). The fourth-order valence-electron chi connectivity index (χ4n) is 1.91. The number of carboxylic acid groups (broad SMARTS) is 1. The first-order valence-corrected chi connectivity index (χ1v) is 7.72. The number of hydrogen-bond acceptors (Lipinski definition) is 2. The summed E-state index contributed by atoms with van der Waals surface area (Å²) in [4.78, 5) is 24.7. The Kier molecular flexibility index (Phi) is 7.22. The monoisotopic (exact) mass is 356 g/mol. The number of halogens is 1. The topological polar surface area (TPSA) is 69.6 Å². The summed E-state index contributed by atoms with van der Waals surface area (Å²) in [6.45, 7) is 2.41. The van der Waals surface area contributed by atoms with Gasteiger partial charge in [0.2, 0.25) is 0 Å². The molecular weight excluding hydrogens is 336 g/mol. The second-order valence-electron chi connectivity index (χ2n) is 4.97. The second-order valence-corrected chi connectivity index (χ2v) is 5.88. The first kappa shape index (κ1) is 17.5. The smallest absolute Gasteiger partial charge is 0.326 e. The van der Waals surface area contributed by atoms with Crippen molar-refractivity contribution < 1.29 is 14.7 Å². The van der Waals surface area contributed by atoms with Crippen LogP contribution in [0.1, 0.15) is 31.7 Å². The minimum absolute atomic E-state index is 0.376. The normalized spacial score (nSPS) is 11.8. The van der Waals surface area contributed by atoms with E-state index in [9.17, 15) is 9.59 Å². The number of carbonyl (C=O) groups excluding carboxylic acids is 1. The molecule has 2 N–H and O–H groups in total. The van der Waals surface area contributed by atoms with E-state index in [-0.39, 0.29) is 6.03 Å². The van der Waals surface area contributed by atoms with Gasteiger partial charge in [0.25, 0.3) is 0 Å². The molecule has 1 atom stereocenters. The Balaban J connectivity index is 2.58. The number of hydrogen-bond donors (Lipinski definition) is 2. The van der Waals surface area contributed by atoms with Gasteiger partial charge in [-0.05, 0) is 24.1 Å². The van der Waals surface area contributed by atoms with Crippen molar-refractivity contribution in [1.82, 2.24) is 10.2 Å². The lowest BCUT2D eigenvalue weighted by atomic mass is 10.1. The van der Waals surface area contributed by atoms with E-state index in [2.05, 4.69) is 21.2 Å². The van der Waals surface area contributed by atoms with Crippen LogP contribution < -0.4 is 5.32 Å². The Morgan fingerprint density at radius 1 is 1.43 bits per heavy atom. The van der Waals surface area contributed by atoms with Crippen LogP contribution in [0.2, 0.25) is 0 Å². The van der Waals surface area contributed by atoms with Gasteiger partial charge in [0.05, 0.1) is 0 Å². The highest BCUT2D eigenvalue weighted by atomic mass is 79.9. The molecule has 0 saturated carbocycles. The first-order valence-electron chi connectivity index (χ1n) is 6.93. The molecule has 5 nitrogen and oxygen atoms in total. The SMILES string of the molecule is CCCCC(NC(=O)N(C)Cc1cccc(Br)c1)C(=O)O. The first-order chi connectivity index (χ1) is 9.93. The summed E-state index contributed by atoms with van der Waals surface area (Å²) in [6, 6.07) is 6.44. The lowest BCUT2D eigenvalue weighted by Crippen LogP contribution is -2.46. The summed E-state index contributed by atoms with van der Waals surface area (Å²) in [5, 5.41) is 11.7. The Bertz CT molecular complexity index is 494. The number of nitrogens with zero attached hydrogens (tertiary/aromatic N) is 1. The zero-order valence-corrected chi connectivity index (χ0v) is 13.9. The molecule has 0 aliphatic carbocycles. The van der Waals surface area contributed by atoms with Crippen LogP contribution in [0.5, 0.6) is 0 Å². The highest BCUT2D eigenvalue weighted by Crippen LogP contribution is 2.13. The van der Waals surface area contributed by atoms with Gasteiger partial charge in [-0.1, -0.05) is 47.8 Å². The number of carboxylic acids is 1. The highest BCUT2D eigenvalue weighted by molar-refractivity contribution is 9.10. The number of benzene rings is 1. The van der Waals surface area contributed by atoms with E-state index in [1.165, 1.54) is 4.90 Å². The fourth-order valence-corrected chi connectivity index (χ4v) is 2.35. The van der Waals surface area contributed by atoms with E-state index >= 15 is 0 Å². The number of aliphatic carboxylic acids is 1. The van der Waals surface area contributed by atoms with Crippen LogP contribution in [0.3, 0.4) is 0 Å². The van der Waals surface area contributed by atoms with Gasteiger partial charge in [0.15, 0.2) is 0 Å². The molecule has 0 fully saturated rings. The van der Waals surface area contributed by atoms with Gasteiger partial charge in [-0.25, -0.2) is 9.59 Å². The van der Waals surface area contributed by atoms with Crippen molar-refractivity contribution in [3.63, 3.8) is 0 Å². The van der Waals surface area contributed by atoms with Gasteiger partial charge in [-0.3, -0.25) is 0 Å². The van der Waals surface area contributed by atoms with Gasteiger partial charge < -0.3 is 15.3 Å². The van der Waals surface area contributed by atoms with E-state index < -0.39 is 12.0 Å². The second kappa shape index (κ2) is 8.67. The molecule has 0 saturated heterocycles. The zero-order valence-electron chi connectivity index (χ0n) is 12.3. The van der Waals surface area contributed by atoms with Crippen LogP contribution in [0.15, 0.2) is 28.7 Å². The molecule has 0 heterocycles. The lowest BCUT2D eigenvalue weighted by molar-refractivity contribution is -0.139. The maximum atomic E-state index is 12.1. The maximum absolute atomic E-state index is 12.1. The van der Waals surface area contributed by atoms with E-state index in [0.717, 1.165) is 22.9 Å². The lowest BCUT2D eigenvalue weighted by Gasteiger charge is -2.21. The predicted molar refractivity (Wildman–Crippen MR) is 85.1 cm³/mol. The largest absolute Gasteiger partial charge is 0.480 e. The minimum atomic E-state index is -0.993. The Morgan fingerprint density at radius 3 is 2.71 bits per heavy atom. The third-order valence-electron chi connectivity index (χ3n) is 3.10. The van der Waals surface area contributed by atoms with Gasteiger partial charge in [-0.2, -0.15) is 0 Å². The highest BCUT2D eigenvalue weighted by Gasteiger charge is 2.21. The van der Waals surface area contributed by atoms with Gasteiger partial charge in [0, 0.05) is 18.1 Å². The molecule has 6 heteroatoms. The van der Waals surface area contributed by atoms with Crippen LogP contribution in [0, 0.1) is 0 Å². The summed E-state index contributed by atoms with van der Waals surface area (Å²) in [5.41, 5.74) is 0.974. The number of amides is 2. The Hall–Kier alpha value is -1.56. The van der Waals surface area contributed by atoms with Gasteiger partial charge >= 0.3 is 12.0 Å². The maximum Gasteiger partial charge on any atom is 0.326 e. The third-order valence-corrected chi connectivity index (χ3v) is 3.59. The molecule has 116 valence electrons. The molecule has 1 aromatic carbocycles. The van der Waals surface area contributed by atoms with Crippen molar-refractivity contribution in [2.75, 3.05) is 7.05 Å². The quantitative estimate of drug-likeness (QED) is 0.787. The van der Waals surface area contributed by atoms with E-state index in [1.54, 1.807) is 7.05 Å². The van der Waals surface area contributed by atoms with Gasteiger partial charge in [-0.15, -0.1) is 0 Å². The molecule has 1 unspecified atom stereocenters. The molecule has 0 spiro atoms. The molecule has 2 amide bonds. The number of nitrogens with one attached hydrogen (secondary N) is 1. The fraction of sp³-hybridized carbons (Fsp3) is 0.467.